The van der Waals surface area contributed by atoms with Crippen molar-refractivity contribution in [3.63, 3.8) is 0 Å². The van der Waals surface area contributed by atoms with Gasteiger partial charge in [-0.1, -0.05) is 72.8 Å². The fourth-order valence-corrected chi connectivity index (χ4v) is 5.69. The van der Waals surface area contributed by atoms with Crippen molar-refractivity contribution in [3.8, 4) is 0 Å². The number of anilines is 3. The van der Waals surface area contributed by atoms with E-state index in [4.69, 9.17) is 20.4 Å². The molecule has 12 heteroatoms. The Morgan fingerprint density at radius 3 is 2.26 bits per heavy atom. The van der Waals surface area contributed by atoms with Crippen LogP contribution in [0.5, 0.6) is 0 Å². The van der Waals surface area contributed by atoms with Crippen molar-refractivity contribution >= 4 is 34.5 Å². The zero-order chi connectivity index (χ0) is 32.0. The first-order chi connectivity index (χ1) is 22.4. The Kier molecular flexibility index (Phi) is 9.38. The molecule has 3 aromatic carbocycles. The van der Waals surface area contributed by atoms with Crippen LogP contribution in [0.4, 0.5) is 17.5 Å². The van der Waals surface area contributed by atoms with Gasteiger partial charge in [-0.25, -0.2) is 4.98 Å². The predicted molar refractivity (Wildman–Crippen MR) is 176 cm³/mol. The van der Waals surface area contributed by atoms with E-state index in [0.29, 0.717) is 54.7 Å². The lowest BCUT2D eigenvalue weighted by atomic mass is 9.91. The maximum atomic E-state index is 12.5. The van der Waals surface area contributed by atoms with Gasteiger partial charge in [-0.15, -0.1) is 0 Å². The van der Waals surface area contributed by atoms with Crippen molar-refractivity contribution < 1.29 is 19.7 Å². The first-order valence-electron chi connectivity index (χ1n) is 15.4. The highest BCUT2D eigenvalue weighted by Crippen LogP contribution is 2.34. The van der Waals surface area contributed by atoms with Gasteiger partial charge >= 0.3 is 0 Å². The van der Waals surface area contributed by atoms with E-state index in [1.165, 1.54) is 10.9 Å². The Bertz CT molecular complexity index is 1710. The van der Waals surface area contributed by atoms with Crippen molar-refractivity contribution in [2.75, 3.05) is 36.0 Å². The third-order valence-electron chi connectivity index (χ3n) is 8.10. The number of amides is 1. The van der Waals surface area contributed by atoms with Crippen molar-refractivity contribution in [3.05, 3.63) is 108 Å². The molecule has 5 aromatic rings. The number of likely N-dealkylation sites (N-methyl/N-ethyl adjacent to an activating group) is 1. The highest BCUT2D eigenvalue weighted by atomic mass is 16.6. The second-order valence-corrected chi connectivity index (χ2v) is 11.2. The molecular formula is C34H38N8O4. The van der Waals surface area contributed by atoms with E-state index in [0.717, 1.165) is 16.7 Å². The van der Waals surface area contributed by atoms with Crippen LogP contribution in [0, 0.1) is 0 Å². The van der Waals surface area contributed by atoms with Gasteiger partial charge < -0.3 is 36.6 Å². The monoisotopic (exact) mass is 622 g/mol. The Balaban J connectivity index is 1.32. The first kappa shape index (κ1) is 31.0. The molecule has 0 aliphatic carbocycles. The van der Waals surface area contributed by atoms with Gasteiger partial charge in [-0.05, 0) is 42.2 Å². The molecule has 1 aliphatic rings. The SMILES string of the molecule is CCNC(=O)[C@H]1O[C@@H](n2cnc3c(NCC(c4ccccc4)c4ccccc4)nc(NCCc4ccc(N)cc4)nc32)[C@H](O)[C@@H]1O. The molecule has 4 atom stereocenters. The number of ether oxygens (including phenoxy) is 1. The van der Waals surface area contributed by atoms with Crippen molar-refractivity contribution in [1.29, 1.82) is 0 Å². The largest absolute Gasteiger partial charge is 0.399 e. The number of hydrogen-bond donors (Lipinski definition) is 6. The van der Waals surface area contributed by atoms with Gasteiger partial charge in [-0.2, -0.15) is 9.97 Å². The van der Waals surface area contributed by atoms with E-state index in [1.807, 2.05) is 60.7 Å². The lowest BCUT2D eigenvalue weighted by Crippen LogP contribution is -2.42. The smallest absolute Gasteiger partial charge is 0.252 e. The van der Waals surface area contributed by atoms with Crippen LogP contribution in [-0.2, 0) is 16.0 Å². The number of aromatic nitrogens is 4. The van der Waals surface area contributed by atoms with E-state index in [2.05, 4.69) is 45.2 Å². The second-order valence-electron chi connectivity index (χ2n) is 11.2. The van der Waals surface area contributed by atoms with Crippen LogP contribution in [0.1, 0.15) is 35.8 Å². The number of fused-ring (bicyclic) bond motifs is 1. The molecule has 46 heavy (non-hydrogen) atoms. The molecule has 0 unspecified atom stereocenters. The summed E-state index contributed by atoms with van der Waals surface area (Å²) < 4.78 is 7.43. The lowest BCUT2D eigenvalue weighted by molar-refractivity contribution is -0.137. The fraction of sp³-hybridized carbons (Fsp3) is 0.294. The normalized spacial score (nSPS) is 19.4. The number of carbonyl (C=O) groups excluding carboxylic acids is 1. The van der Waals surface area contributed by atoms with E-state index in [-0.39, 0.29) is 5.92 Å². The summed E-state index contributed by atoms with van der Waals surface area (Å²) in [6.45, 7) is 3.18. The van der Waals surface area contributed by atoms with Gasteiger partial charge in [0.05, 0.1) is 6.33 Å². The van der Waals surface area contributed by atoms with Crippen molar-refractivity contribution in [2.45, 2.75) is 43.8 Å². The molecule has 1 saturated heterocycles. The number of nitrogens with one attached hydrogen (secondary N) is 3. The van der Waals surface area contributed by atoms with E-state index < -0.39 is 30.4 Å². The maximum Gasteiger partial charge on any atom is 0.252 e. The molecule has 2 aromatic heterocycles. The van der Waals surface area contributed by atoms with E-state index >= 15 is 0 Å². The van der Waals surface area contributed by atoms with E-state index in [1.54, 1.807) is 6.92 Å². The van der Waals surface area contributed by atoms with Crippen LogP contribution in [0.3, 0.4) is 0 Å². The molecule has 0 spiro atoms. The standard InChI is InChI=1S/C34H38N8O4/c1-2-36-32(45)29-27(43)28(44)33(46-29)42-20-39-26-30(38-19-25(22-9-5-3-6-10-22)23-11-7-4-8-12-23)40-34(41-31(26)42)37-18-17-21-13-15-24(35)16-14-21/h3-16,20,25,27-29,33,43-44H,2,17-19,35H2,1H3,(H,36,45)(H2,37,38,40,41)/t27-,28+,29-,33+/m0/s1. The van der Waals surface area contributed by atoms with Gasteiger partial charge in [0.1, 0.15) is 12.2 Å². The summed E-state index contributed by atoms with van der Waals surface area (Å²) in [6.07, 6.45) is -2.97. The van der Waals surface area contributed by atoms with Gasteiger partial charge in [0.25, 0.3) is 5.91 Å². The number of nitrogens with two attached hydrogens (primary N) is 1. The number of nitrogen functional groups attached to an aromatic ring is 1. The number of rotatable bonds is 12. The molecule has 6 rings (SSSR count). The average molecular weight is 623 g/mol. The summed E-state index contributed by atoms with van der Waals surface area (Å²) in [7, 11) is 0. The number of imidazole rings is 1. The fourth-order valence-electron chi connectivity index (χ4n) is 5.69. The zero-order valence-corrected chi connectivity index (χ0v) is 25.5. The number of nitrogens with zero attached hydrogens (tertiary/aromatic N) is 4. The van der Waals surface area contributed by atoms with Crippen LogP contribution in [-0.4, -0.2) is 73.6 Å². The topological polar surface area (TPSA) is 172 Å². The first-order valence-corrected chi connectivity index (χ1v) is 15.4. The summed E-state index contributed by atoms with van der Waals surface area (Å²) in [5.74, 6) is 0.348. The molecule has 1 amide bonds. The highest BCUT2D eigenvalue weighted by molar-refractivity contribution is 5.85. The molecule has 0 saturated carbocycles. The number of carbonyl (C=O) groups is 1. The molecule has 0 bridgehead atoms. The second kappa shape index (κ2) is 13.9. The Hall–Kier alpha value is -5.04. The molecule has 1 fully saturated rings. The summed E-state index contributed by atoms with van der Waals surface area (Å²) >= 11 is 0. The van der Waals surface area contributed by atoms with Gasteiger partial charge in [0, 0.05) is 31.2 Å². The summed E-state index contributed by atoms with van der Waals surface area (Å²) in [4.78, 5) is 26.7. The zero-order valence-electron chi connectivity index (χ0n) is 25.5. The van der Waals surface area contributed by atoms with Crippen molar-refractivity contribution in [2.24, 2.45) is 0 Å². The summed E-state index contributed by atoms with van der Waals surface area (Å²) in [5, 5.41) is 31.1. The van der Waals surface area contributed by atoms with Crippen LogP contribution < -0.4 is 21.7 Å². The molecule has 1 aliphatic heterocycles. The minimum atomic E-state index is -1.43. The van der Waals surface area contributed by atoms with Crippen molar-refractivity contribution in [1.82, 2.24) is 24.8 Å². The van der Waals surface area contributed by atoms with Crippen LogP contribution >= 0.6 is 0 Å². The highest BCUT2D eigenvalue weighted by Gasteiger charge is 2.47. The number of hydrogen-bond acceptors (Lipinski definition) is 10. The minimum absolute atomic E-state index is 0.0180. The number of aliphatic hydroxyl groups is 2. The number of benzene rings is 3. The quantitative estimate of drug-likeness (QED) is 0.114. The molecule has 0 radical (unpaired) electrons. The Labute approximate surface area is 266 Å². The van der Waals surface area contributed by atoms with Gasteiger partial charge in [-0.3, -0.25) is 9.36 Å². The lowest BCUT2D eigenvalue weighted by Gasteiger charge is -2.20. The molecule has 238 valence electrons. The summed E-state index contributed by atoms with van der Waals surface area (Å²) in [6, 6.07) is 28.2. The van der Waals surface area contributed by atoms with Crippen LogP contribution in [0.15, 0.2) is 91.3 Å². The minimum Gasteiger partial charge on any atom is -0.399 e. The molecule has 7 N–H and O–H groups in total. The molecule has 12 nitrogen and oxygen atoms in total. The Morgan fingerprint density at radius 2 is 1.61 bits per heavy atom. The average Bonchev–Trinajstić information content (AvgIpc) is 3.63. The third kappa shape index (κ3) is 6.64. The molecule has 3 heterocycles. The van der Waals surface area contributed by atoms with E-state index in [9.17, 15) is 15.0 Å². The molecular weight excluding hydrogens is 584 g/mol. The third-order valence-corrected chi connectivity index (χ3v) is 8.10. The Morgan fingerprint density at radius 1 is 0.935 bits per heavy atom. The predicted octanol–water partition coefficient (Wildman–Crippen LogP) is 3.06. The summed E-state index contributed by atoms with van der Waals surface area (Å²) in [5.41, 5.74) is 10.8. The van der Waals surface area contributed by atoms with Gasteiger partial charge in [0.2, 0.25) is 5.95 Å². The van der Waals surface area contributed by atoms with Crippen LogP contribution in [0.25, 0.3) is 11.2 Å². The maximum absolute atomic E-state index is 12.5. The number of aliphatic hydroxyl groups excluding tert-OH is 2. The van der Waals surface area contributed by atoms with Crippen LogP contribution in [0.2, 0.25) is 0 Å². The van der Waals surface area contributed by atoms with Gasteiger partial charge in [0.15, 0.2) is 29.3 Å².